The van der Waals surface area contributed by atoms with Crippen LogP contribution in [0.4, 0.5) is 11.9 Å². The fourth-order valence-electron chi connectivity index (χ4n) is 2.11. The van der Waals surface area contributed by atoms with Crippen molar-refractivity contribution in [3.8, 4) is 5.95 Å². The van der Waals surface area contributed by atoms with E-state index < -0.39 is 0 Å². The minimum absolute atomic E-state index is 0.162. The van der Waals surface area contributed by atoms with E-state index in [1.54, 1.807) is 6.33 Å². The van der Waals surface area contributed by atoms with Gasteiger partial charge in [-0.3, -0.25) is 0 Å². The van der Waals surface area contributed by atoms with Crippen molar-refractivity contribution in [1.29, 1.82) is 0 Å². The van der Waals surface area contributed by atoms with E-state index in [2.05, 4.69) is 42.6 Å². The highest BCUT2D eigenvalue weighted by Gasteiger charge is 2.30. The summed E-state index contributed by atoms with van der Waals surface area (Å²) in [6.07, 6.45) is 3.90. The zero-order valence-electron chi connectivity index (χ0n) is 12.1. The third-order valence-electron chi connectivity index (χ3n) is 3.21. The van der Waals surface area contributed by atoms with E-state index in [0.29, 0.717) is 24.5 Å². The van der Waals surface area contributed by atoms with E-state index in [1.807, 2.05) is 6.92 Å². The number of aromatic nitrogens is 6. The topological polar surface area (TPSA) is 103 Å². The molecule has 0 aliphatic carbocycles. The molecule has 0 radical (unpaired) electrons. The van der Waals surface area contributed by atoms with Crippen molar-refractivity contribution in [3.05, 3.63) is 12.7 Å². The minimum atomic E-state index is -0.162. The minimum Gasteiger partial charge on any atom is -0.379 e. The summed E-state index contributed by atoms with van der Waals surface area (Å²) in [6.45, 7) is 6.17. The van der Waals surface area contributed by atoms with Gasteiger partial charge in [-0.1, -0.05) is 0 Å². The lowest BCUT2D eigenvalue weighted by Crippen LogP contribution is -2.36. The first-order chi connectivity index (χ1) is 10.2. The van der Waals surface area contributed by atoms with Crippen LogP contribution in [0, 0.1) is 0 Å². The SMILES string of the molecule is CCNc1nc(NC2(C)CCOC2)nc(-n2cncn2)n1. The molecule has 1 unspecified atom stereocenters. The predicted octanol–water partition coefficient (Wildman–Crippen LogP) is 0.475. The standard InChI is InChI=1S/C12H18N8O/c1-3-14-9-16-10(19-12(2)4-5-21-6-12)18-11(17-9)20-8-13-7-15-20/h7-8H,3-6H2,1-2H3,(H2,14,16,17,18,19). The van der Waals surface area contributed by atoms with Gasteiger partial charge in [-0.05, 0) is 20.3 Å². The summed E-state index contributed by atoms with van der Waals surface area (Å²) in [4.78, 5) is 17.0. The van der Waals surface area contributed by atoms with Gasteiger partial charge >= 0.3 is 0 Å². The highest BCUT2D eigenvalue weighted by atomic mass is 16.5. The molecule has 112 valence electrons. The van der Waals surface area contributed by atoms with Gasteiger partial charge < -0.3 is 15.4 Å². The predicted molar refractivity (Wildman–Crippen MR) is 76.4 cm³/mol. The summed E-state index contributed by atoms with van der Waals surface area (Å²) in [7, 11) is 0. The van der Waals surface area contributed by atoms with Crippen LogP contribution in [-0.4, -0.2) is 55.0 Å². The summed E-state index contributed by atoms with van der Waals surface area (Å²) in [5, 5.41) is 10.5. The Morgan fingerprint density at radius 3 is 2.86 bits per heavy atom. The van der Waals surface area contributed by atoms with Gasteiger partial charge in [0.1, 0.15) is 12.7 Å². The van der Waals surface area contributed by atoms with Crippen molar-refractivity contribution in [3.63, 3.8) is 0 Å². The lowest BCUT2D eigenvalue weighted by atomic mass is 10.0. The third kappa shape index (κ3) is 3.07. The molecule has 2 N–H and O–H groups in total. The van der Waals surface area contributed by atoms with Crippen molar-refractivity contribution < 1.29 is 4.74 Å². The average molecular weight is 290 g/mol. The molecule has 0 saturated carbocycles. The number of nitrogens with one attached hydrogen (secondary N) is 2. The van der Waals surface area contributed by atoms with Crippen LogP contribution in [0.15, 0.2) is 12.7 Å². The maximum absolute atomic E-state index is 5.44. The van der Waals surface area contributed by atoms with Crippen LogP contribution < -0.4 is 10.6 Å². The van der Waals surface area contributed by atoms with Gasteiger partial charge in [-0.2, -0.15) is 24.7 Å². The number of hydrogen-bond acceptors (Lipinski definition) is 8. The second-order valence-corrected chi connectivity index (χ2v) is 5.14. The second kappa shape index (κ2) is 5.60. The van der Waals surface area contributed by atoms with Crippen molar-refractivity contribution in [2.45, 2.75) is 25.8 Å². The summed E-state index contributed by atoms with van der Waals surface area (Å²) in [6, 6.07) is 0. The first kappa shape index (κ1) is 13.7. The summed E-state index contributed by atoms with van der Waals surface area (Å²) in [5.41, 5.74) is -0.162. The normalized spacial score (nSPS) is 21.4. The Kier molecular flexibility index (Phi) is 3.65. The highest BCUT2D eigenvalue weighted by Crippen LogP contribution is 2.22. The fraction of sp³-hybridized carbons (Fsp3) is 0.583. The van der Waals surface area contributed by atoms with Gasteiger partial charge in [0.25, 0.3) is 5.95 Å². The molecule has 0 bridgehead atoms. The number of anilines is 2. The zero-order valence-corrected chi connectivity index (χ0v) is 12.1. The Morgan fingerprint density at radius 2 is 2.19 bits per heavy atom. The Balaban J connectivity index is 1.91. The molecule has 0 spiro atoms. The van der Waals surface area contributed by atoms with E-state index in [-0.39, 0.29) is 5.54 Å². The molecule has 3 rings (SSSR count). The Bertz CT molecular complexity index is 593. The molecule has 9 heteroatoms. The van der Waals surface area contributed by atoms with Gasteiger partial charge in [0.15, 0.2) is 0 Å². The maximum Gasteiger partial charge on any atom is 0.258 e. The van der Waals surface area contributed by atoms with Gasteiger partial charge in [-0.25, -0.2) is 4.98 Å². The molecular formula is C12H18N8O. The number of hydrogen-bond donors (Lipinski definition) is 2. The van der Waals surface area contributed by atoms with Crippen molar-refractivity contribution in [1.82, 2.24) is 29.7 Å². The van der Waals surface area contributed by atoms with E-state index >= 15 is 0 Å². The molecule has 2 aromatic rings. The average Bonchev–Trinajstić information content (AvgIpc) is 3.10. The van der Waals surface area contributed by atoms with E-state index in [1.165, 1.54) is 11.0 Å². The van der Waals surface area contributed by atoms with Crippen LogP contribution in [0.3, 0.4) is 0 Å². The van der Waals surface area contributed by atoms with Gasteiger partial charge in [0, 0.05) is 13.2 Å². The molecule has 0 aromatic carbocycles. The van der Waals surface area contributed by atoms with E-state index in [4.69, 9.17) is 4.74 Å². The van der Waals surface area contributed by atoms with Crippen LogP contribution >= 0.6 is 0 Å². The smallest absolute Gasteiger partial charge is 0.258 e. The molecule has 1 fully saturated rings. The van der Waals surface area contributed by atoms with E-state index in [9.17, 15) is 0 Å². The molecule has 1 aliphatic rings. The van der Waals surface area contributed by atoms with Gasteiger partial charge in [0.05, 0.1) is 12.1 Å². The molecule has 1 aliphatic heterocycles. The highest BCUT2D eigenvalue weighted by molar-refractivity contribution is 5.39. The number of rotatable bonds is 5. The molecule has 2 aromatic heterocycles. The van der Waals surface area contributed by atoms with Gasteiger partial charge in [-0.15, -0.1) is 0 Å². The summed E-state index contributed by atoms with van der Waals surface area (Å²) >= 11 is 0. The molecule has 1 saturated heterocycles. The van der Waals surface area contributed by atoms with Crippen LogP contribution in [0.2, 0.25) is 0 Å². The first-order valence-electron chi connectivity index (χ1n) is 6.89. The van der Waals surface area contributed by atoms with Crippen molar-refractivity contribution in [2.24, 2.45) is 0 Å². The maximum atomic E-state index is 5.44. The van der Waals surface area contributed by atoms with E-state index in [0.717, 1.165) is 19.6 Å². The Morgan fingerprint density at radius 1 is 1.33 bits per heavy atom. The Labute approximate surface area is 122 Å². The van der Waals surface area contributed by atoms with Crippen LogP contribution in [-0.2, 0) is 4.74 Å². The zero-order chi connectivity index (χ0) is 14.7. The summed E-state index contributed by atoms with van der Waals surface area (Å²) < 4.78 is 6.94. The largest absolute Gasteiger partial charge is 0.379 e. The molecular weight excluding hydrogens is 272 g/mol. The van der Waals surface area contributed by atoms with Crippen LogP contribution in [0.1, 0.15) is 20.3 Å². The molecule has 3 heterocycles. The molecule has 21 heavy (non-hydrogen) atoms. The van der Waals surface area contributed by atoms with Crippen molar-refractivity contribution >= 4 is 11.9 Å². The quantitative estimate of drug-likeness (QED) is 0.819. The van der Waals surface area contributed by atoms with Crippen molar-refractivity contribution in [2.75, 3.05) is 30.4 Å². The second-order valence-electron chi connectivity index (χ2n) is 5.14. The van der Waals surface area contributed by atoms with Crippen LogP contribution in [0.25, 0.3) is 5.95 Å². The molecule has 1 atom stereocenters. The number of nitrogens with zero attached hydrogens (tertiary/aromatic N) is 6. The lowest BCUT2D eigenvalue weighted by molar-refractivity contribution is 0.185. The van der Waals surface area contributed by atoms with Crippen LogP contribution in [0.5, 0.6) is 0 Å². The first-order valence-corrected chi connectivity index (χ1v) is 6.89. The van der Waals surface area contributed by atoms with Gasteiger partial charge in [0.2, 0.25) is 11.9 Å². The summed E-state index contributed by atoms with van der Waals surface area (Å²) in [5.74, 6) is 1.42. The fourth-order valence-corrected chi connectivity index (χ4v) is 2.11. The number of ether oxygens (including phenoxy) is 1. The monoisotopic (exact) mass is 290 g/mol. The third-order valence-corrected chi connectivity index (χ3v) is 3.21. The molecule has 9 nitrogen and oxygen atoms in total. The molecule has 0 amide bonds. The lowest BCUT2D eigenvalue weighted by Gasteiger charge is -2.23. The Hall–Kier alpha value is -2.29.